The van der Waals surface area contributed by atoms with Crippen molar-refractivity contribution in [3.63, 3.8) is 0 Å². The fourth-order valence-corrected chi connectivity index (χ4v) is 6.49. The summed E-state index contributed by atoms with van der Waals surface area (Å²) in [7, 11) is 0. The molecule has 1 saturated heterocycles. The Morgan fingerprint density at radius 1 is 1.13 bits per heavy atom. The number of pyridine rings is 1. The summed E-state index contributed by atoms with van der Waals surface area (Å²) in [5.74, 6) is -4.69. The molecule has 3 atom stereocenters. The van der Waals surface area contributed by atoms with Crippen LogP contribution in [-0.2, 0) is 18.0 Å². The Balaban J connectivity index is 1.32. The van der Waals surface area contributed by atoms with E-state index in [-0.39, 0.29) is 30.6 Å². The quantitative estimate of drug-likeness (QED) is 0.336. The molecule has 7 rings (SSSR count). The minimum absolute atomic E-state index is 0.0429. The molecule has 2 amide bonds. The highest BCUT2D eigenvalue weighted by molar-refractivity contribution is 5.99. The first-order chi connectivity index (χ1) is 22.6. The highest BCUT2D eigenvalue weighted by Gasteiger charge is 2.54. The molecule has 2 aromatic carbocycles. The maximum Gasteiger partial charge on any atom is 0.274 e. The van der Waals surface area contributed by atoms with Crippen LogP contribution in [0.4, 0.5) is 13.2 Å². The van der Waals surface area contributed by atoms with Crippen LogP contribution in [-0.4, -0.2) is 55.1 Å². The van der Waals surface area contributed by atoms with E-state index in [4.69, 9.17) is 9.57 Å². The van der Waals surface area contributed by atoms with Gasteiger partial charge in [-0.2, -0.15) is 5.10 Å². The first-order valence-corrected chi connectivity index (χ1v) is 15.1. The highest BCUT2D eigenvalue weighted by Crippen LogP contribution is 2.46. The van der Waals surface area contributed by atoms with E-state index in [0.717, 1.165) is 0 Å². The van der Waals surface area contributed by atoms with E-state index in [0.29, 0.717) is 42.8 Å². The highest BCUT2D eigenvalue weighted by atomic mass is 19.1. The zero-order valence-electron chi connectivity index (χ0n) is 25.2. The van der Waals surface area contributed by atoms with Gasteiger partial charge in [0.05, 0.1) is 12.5 Å². The van der Waals surface area contributed by atoms with Crippen molar-refractivity contribution in [2.45, 2.75) is 57.0 Å². The predicted molar refractivity (Wildman–Crippen MR) is 161 cm³/mol. The second kappa shape index (κ2) is 11.8. The average Bonchev–Trinajstić information content (AvgIpc) is 3.72. The number of nitrogens with zero attached hydrogens (tertiary/aromatic N) is 5. The van der Waals surface area contributed by atoms with Crippen LogP contribution in [0.2, 0.25) is 0 Å². The van der Waals surface area contributed by atoms with Gasteiger partial charge in [-0.25, -0.2) is 17.9 Å². The number of carbonyl (C=O) groups is 2. The molecule has 2 bridgehead atoms. The number of amides is 2. The van der Waals surface area contributed by atoms with Gasteiger partial charge in [0.15, 0.2) is 22.9 Å². The van der Waals surface area contributed by atoms with E-state index in [1.54, 1.807) is 56.9 Å². The van der Waals surface area contributed by atoms with Crippen LogP contribution >= 0.6 is 0 Å². The van der Waals surface area contributed by atoms with Crippen molar-refractivity contribution in [1.29, 1.82) is 0 Å². The smallest absolute Gasteiger partial charge is 0.274 e. The molecule has 1 fully saturated rings. The number of benzene rings is 2. The van der Waals surface area contributed by atoms with Crippen LogP contribution in [0.3, 0.4) is 0 Å². The summed E-state index contributed by atoms with van der Waals surface area (Å²) < 4.78 is 51.4. The number of ether oxygens (including phenoxy) is 1. The topological polar surface area (TPSA) is 120 Å². The summed E-state index contributed by atoms with van der Waals surface area (Å²) in [6.45, 7) is 1.37. The zero-order chi connectivity index (χ0) is 32.9. The van der Waals surface area contributed by atoms with Crippen LogP contribution in [0.5, 0.6) is 5.75 Å². The molecule has 47 heavy (non-hydrogen) atoms. The van der Waals surface area contributed by atoms with Gasteiger partial charge in [0, 0.05) is 55.4 Å². The number of carbonyl (C=O) groups excluding carboxylic acids is 2. The molecular weight excluding hydrogens is 617 g/mol. The van der Waals surface area contributed by atoms with Gasteiger partial charge in [0.1, 0.15) is 29.6 Å². The van der Waals surface area contributed by atoms with Crippen molar-refractivity contribution in [2.75, 3.05) is 6.54 Å². The van der Waals surface area contributed by atoms with Gasteiger partial charge in [-0.05, 0) is 31.4 Å². The summed E-state index contributed by atoms with van der Waals surface area (Å²) >= 11 is 0. The van der Waals surface area contributed by atoms with Gasteiger partial charge in [0.2, 0.25) is 5.43 Å². The predicted octanol–water partition coefficient (Wildman–Crippen LogP) is 4.17. The molecule has 1 spiro atoms. The second-order valence-corrected chi connectivity index (χ2v) is 11.9. The molecule has 242 valence electrons. The second-order valence-electron chi connectivity index (χ2n) is 11.9. The number of fused-ring (bicyclic) bond motifs is 5. The summed E-state index contributed by atoms with van der Waals surface area (Å²) in [6.07, 6.45) is 6.02. The Bertz CT molecular complexity index is 1940. The average molecular weight is 647 g/mol. The third-order valence-corrected chi connectivity index (χ3v) is 9.05. The number of oxime groups is 1. The van der Waals surface area contributed by atoms with E-state index in [2.05, 4.69) is 15.6 Å². The summed E-state index contributed by atoms with van der Waals surface area (Å²) in [5.41, 5.74) is -2.17. The number of nitrogens with one attached hydrogen (secondary N) is 1. The lowest BCUT2D eigenvalue weighted by Gasteiger charge is -2.42. The van der Waals surface area contributed by atoms with Gasteiger partial charge in [-0.1, -0.05) is 35.5 Å². The van der Waals surface area contributed by atoms with Gasteiger partial charge in [0.25, 0.3) is 11.8 Å². The molecule has 0 saturated carbocycles. The monoisotopic (exact) mass is 646 g/mol. The maximum atomic E-state index is 14.4. The molecule has 3 aliphatic heterocycles. The van der Waals surface area contributed by atoms with E-state index in [1.165, 1.54) is 6.20 Å². The van der Waals surface area contributed by atoms with Crippen LogP contribution in [0.1, 0.15) is 64.2 Å². The molecule has 3 aliphatic rings. The maximum absolute atomic E-state index is 14.4. The lowest BCUT2D eigenvalue weighted by Crippen LogP contribution is -2.52. The first kappa shape index (κ1) is 30.3. The van der Waals surface area contributed by atoms with E-state index in [9.17, 15) is 27.6 Å². The van der Waals surface area contributed by atoms with Crippen molar-refractivity contribution in [3.05, 3.63) is 117 Å². The van der Waals surface area contributed by atoms with Crippen LogP contribution in [0.25, 0.3) is 0 Å². The van der Waals surface area contributed by atoms with Crippen molar-refractivity contribution in [2.24, 2.45) is 5.16 Å². The number of rotatable bonds is 6. The van der Waals surface area contributed by atoms with Crippen LogP contribution in [0.15, 0.2) is 77.1 Å². The van der Waals surface area contributed by atoms with Crippen molar-refractivity contribution in [1.82, 2.24) is 24.6 Å². The summed E-state index contributed by atoms with van der Waals surface area (Å²) in [4.78, 5) is 49.6. The molecule has 2 aromatic heterocycles. The van der Waals surface area contributed by atoms with Crippen molar-refractivity contribution >= 4 is 17.6 Å². The van der Waals surface area contributed by atoms with Crippen molar-refractivity contribution < 1.29 is 32.3 Å². The Hall–Kier alpha value is -5.40. The molecule has 11 nitrogen and oxygen atoms in total. The lowest BCUT2D eigenvalue weighted by molar-refractivity contribution is -0.0656. The van der Waals surface area contributed by atoms with Crippen molar-refractivity contribution in [3.8, 4) is 5.75 Å². The van der Waals surface area contributed by atoms with Gasteiger partial charge in [-0.3, -0.25) is 14.4 Å². The Labute approximate surface area is 266 Å². The largest absolute Gasteiger partial charge is 0.483 e. The fourth-order valence-electron chi connectivity index (χ4n) is 6.49. The number of aromatic nitrogens is 3. The van der Waals surface area contributed by atoms with Gasteiger partial charge < -0.3 is 24.4 Å². The SMILES string of the molecule is C[C@H]1CC[C@]2(CC(n3cccn3)=NO2)[C@H]2CN1C(=O)c1c(OCc3ccccc3)c(=O)c(C(=O)NCc3c(F)cc(F)cc3F)cn12. The van der Waals surface area contributed by atoms with Crippen LogP contribution < -0.4 is 15.5 Å². The first-order valence-electron chi connectivity index (χ1n) is 15.1. The zero-order valence-corrected chi connectivity index (χ0v) is 25.2. The lowest BCUT2D eigenvalue weighted by atomic mass is 9.85. The minimum atomic E-state index is -1.19. The molecule has 0 aliphatic carbocycles. The summed E-state index contributed by atoms with van der Waals surface area (Å²) in [5, 5.41) is 11.0. The number of hydrogen-bond acceptors (Lipinski definition) is 7. The van der Waals surface area contributed by atoms with E-state index in [1.807, 2.05) is 13.0 Å². The normalized spacial score (nSPS) is 21.6. The molecule has 1 N–H and O–H groups in total. The fraction of sp³-hybridized carbons (Fsp3) is 0.303. The van der Waals surface area contributed by atoms with E-state index >= 15 is 0 Å². The molecule has 0 radical (unpaired) electrons. The number of hydrogen-bond donors (Lipinski definition) is 1. The number of halogens is 3. The molecule has 4 aromatic rings. The molecular formula is C33H29F3N6O5. The van der Waals surface area contributed by atoms with Crippen LogP contribution in [0, 0.1) is 17.5 Å². The third-order valence-electron chi connectivity index (χ3n) is 9.05. The Kier molecular flexibility index (Phi) is 7.57. The summed E-state index contributed by atoms with van der Waals surface area (Å²) in [6, 6.07) is 10.9. The molecule has 5 heterocycles. The minimum Gasteiger partial charge on any atom is -0.483 e. The van der Waals surface area contributed by atoms with Gasteiger partial charge in [-0.15, -0.1) is 0 Å². The van der Waals surface area contributed by atoms with E-state index < -0.39 is 64.0 Å². The Morgan fingerprint density at radius 2 is 1.89 bits per heavy atom. The molecule has 14 heteroatoms. The third kappa shape index (κ3) is 5.32. The Morgan fingerprint density at radius 3 is 2.62 bits per heavy atom. The standard InChI is InChI=1S/C33H29F3N6O5/c1-19-8-9-33(14-27(39-47-33)42-11-5-10-38-42)26-17-40(19)32(45)28-30(46-18-20-6-3-2-4-7-20)29(43)23(16-41(26)28)31(44)37-15-22-24(35)12-21(34)13-25(22)36/h2-7,10-13,16,19,26H,8-9,14-15,17-18H2,1H3,(H,37,44)/t19-,26+,33-/m0/s1. The van der Waals surface area contributed by atoms with Gasteiger partial charge >= 0.3 is 0 Å². The molecule has 0 unspecified atom stereocenters.